The zero-order valence-electron chi connectivity index (χ0n) is 10.3. The van der Waals surface area contributed by atoms with Gasteiger partial charge < -0.3 is 5.11 Å². The van der Waals surface area contributed by atoms with E-state index in [0.29, 0.717) is 4.47 Å². The van der Waals surface area contributed by atoms with Gasteiger partial charge in [-0.15, -0.1) is 0 Å². The van der Waals surface area contributed by atoms with Crippen molar-refractivity contribution in [1.82, 2.24) is 4.31 Å². The van der Waals surface area contributed by atoms with E-state index in [1.54, 1.807) is 0 Å². The van der Waals surface area contributed by atoms with Crippen LogP contribution in [-0.4, -0.2) is 42.4 Å². The van der Waals surface area contributed by atoms with Crippen LogP contribution in [0.4, 0.5) is 5.69 Å². The first-order chi connectivity index (χ1) is 8.66. The second-order valence-electron chi connectivity index (χ2n) is 4.00. The molecular weight excluding hydrogens is 340 g/mol. The number of aliphatic hydroxyl groups is 1. The molecule has 1 atom stereocenters. The van der Waals surface area contributed by atoms with E-state index in [9.17, 15) is 23.6 Å². The van der Waals surface area contributed by atoms with Crippen molar-refractivity contribution in [3.8, 4) is 0 Å². The first-order valence-electron chi connectivity index (χ1n) is 5.24. The second kappa shape index (κ2) is 5.95. The van der Waals surface area contributed by atoms with Gasteiger partial charge in [-0.3, -0.25) is 10.1 Å². The average molecular weight is 353 g/mol. The van der Waals surface area contributed by atoms with Crippen LogP contribution in [0.25, 0.3) is 0 Å². The number of likely N-dealkylation sites (N-methyl/N-ethyl adjacent to an activating group) is 1. The van der Waals surface area contributed by atoms with E-state index in [2.05, 4.69) is 15.9 Å². The fourth-order valence-corrected chi connectivity index (χ4v) is 3.43. The molecule has 106 valence electrons. The summed E-state index contributed by atoms with van der Waals surface area (Å²) in [5, 5.41) is 20.1. The molecule has 1 aromatic rings. The van der Waals surface area contributed by atoms with Crippen molar-refractivity contribution in [1.29, 1.82) is 0 Å². The van der Waals surface area contributed by atoms with E-state index < -0.39 is 31.6 Å². The maximum atomic E-state index is 12.2. The van der Waals surface area contributed by atoms with Gasteiger partial charge in [-0.1, -0.05) is 15.9 Å². The van der Waals surface area contributed by atoms with Crippen LogP contribution in [0, 0.1) is 10.1 Å². The Bertz CT molecular complexity index is 588. The van der Waals surface area contributed by atoms with Crippen molar-refractivity contribution >= 4 is 31.6 Å². The predicted octanol–water partition coefficient (Wildman–Crippen LogP) is 1.36. The summed E-state index contributed by atoms with van der Waals surface area (Å²) in [4.78, 5) is 9.72. The van der Waals surface area contributed by atoms with Gasteiger partial charge in [0.05, 0.1) is 11.0 Å². The minimum Gasteiger partial charge on any atom is -0.392 e. The van der Waals surface area contributed by atoms with Crippen LogP contribution in [0.5, 0.6) is 0 Å². The Morgan fingerprint density at radius 3 is 2.58 bits per heavy atom. The third kappa shape index (κ3) is 3.72. The van der Waals surface area contributed by atoms with Crippen LogP contribution in [0.15, 0.2) is 27.6 Å². The Balaban J connectivity index is 3.35. The quantitative estimate of drug-likeness (QED) is 0.636. The minimum atomic E-state index is -4.03. The van der Waals surface area contributed by atoms with Crippen LogP contribution in [0.3, 0.4) is 0 Å². The van der Waals surface area contributed by atoms with Gasteiger partial charge in [0.1, 0.15) is 0 Å². The fourth-order valence-electron chi connectivity index (χ4n) is 1.48. The number of hydrogen-bond acceptors (Lipinski definition) is 5. The molecule has 0 aromatic heterocycles. The Labute approximate surface area is 119 Å². The SMILES string of the molecule is CC(O)CN(C)S(=O)(=O)c1cc(Br)ccc1[N+](=O)[O-]. The molecule has 7 nitrogen and oxygen atoms in total. The first kappa shape index (κ1) is 16.0. The zero-order valence-corrected chi connectivity index (χ0v) is 12.7. The molecule has 1 unspecified atom stereocenters. The van der Waals surface area contributed by atoms with Crippen molar-refractivity contribution in [2.45, 2.75) is 17.9 Å². The van der Waals surface area contributed by atoms with Gasteiger partial charge in [0.25, 0.3) is 5.69 Å². The molecule has 0 aliphatic carbocycles. The third-order valence-corrected chi connectivity index (χ3v) is 4.67. The van der Waals surface area contributed by atoms with Gasteiger partial charge >= 0.3 is 0 Å². The highest BCUT2D eigenvalue weighted by Gasteiger charge is 2.30. The number of sulfonamides is 1. The lowest BCUT2D eigenvalue weighted by molar-refractivity contribution is -0.387. The molecule has 0 aliphatic heterocycles. The van der Waals surface area contributed by atoms with E-state index in [1.807, 2.05) is 0 Å². The normalized spacial score (nSPS) is 13.5. The van der Waals surface area contributed by atoms with Gasteiger partial charge in [-0.25, -0.2) is 8.42 Å². The summed E-state index contributed by atoms with van der Waals surface area (Å²) in [7, 11) is -2.77. The van der Waals surface area contributed by atoms with Crippen molar-refractivity contribution in [2.75, 3.05) is 13.6 Å². The number of nitro groups is 1. The highest BCUT2D eigenvalue weighted by Crippen LogP contribution is 2.29. The topological polar surface area (TPSA) is 101 Å². The van der Waals surface area contributed by atoms with Crippen molar-refractivity contribution < 1.29 is 18.4 Å². The first-order valence-corrected chi connectivity index (χ1v) is 7.48. The summed E-state index contributed by atoms with van der Waals surface area (Å²) >= 11 is 3.08. The second-order valence-corrected chi connectivity index (χ2v) is 6.93. The number of hydrogen-bond donors (Lipinski definition) is 1. The van der Waals surface area contributed by atoms with Gasteiger partial charge in [-0.2, -0.15) is 4.31 Å². The largest absolute Gasteiger partial charge is 0.392 e. The van der Waals surface area contributed by atoms with Gasteiger partial charge in [0.2, 0.25) is 10.0 Å². The summed E-state index contributed by atoms with van der Waals surface area (Å²) in [5.41, 5.74) is -0.499. The highest BCUT2D eigenvalue weighted by atomic mass is 79.9. The van der Waals surface area contributed by atoms with Crippen LogP contribution in [0.1, 0.15) is 6.92 Å². The Hall–Kier alpha value is -1.03. The Morgan fingerprint density at radius 1 is 1.53 bits per heavy atom. The van der Waals surface area contributed by atoms with Crippen molar-refractivity contribution in [3.63, 3.8) is 0 Å². The third-order valence-electron chi connectivity index (χ3n) is 2.33. The lowest BCUT2D eigenvalue weighted by Crippen LogP contribution is -2.33. The maximum absolute atomic E-state index is 12.2. The maximum Gasteiger partial charge on any atom is 0.289 e. The van der Waals surface area contributed by atoms with Crippen LogP contribution < -0.4 is 0 Å². The van der Waals surface area contributed by atoms with Crippen molar-refractivity contribution in [3.05, 3.63) is 32.8 Å². The molecule has 1 N–H and O–H groups in total. The van der Waals surface area contributed by atoms with E-state index in [1.165, 1.54) is 26.1 Å². The van der Waals surface area contributed by atoms with Crippen LogP contribution >= 0.6 is 15.9 Å². The molecule has 0 fully saturated rings. The number of rotatable bonds is 5. The van der Waals surface area contributed by atoms with E-state index >= 15 is 0 Å². The standard InChI is InChI=1S/C10H13BrN2O5S/c1-7(14)6-12(2)19(17,18)10-5-8(11)3-4-9(10)13(15)16/h3-5,7,14H,6H2,1-2H3. The molecule has 9 heteroatoms. The number of nitrogens with zero attached hydrogens (tertiary/aromatic N) is 2. The molecule has 0 heterocycles. The van der Waals surface area contributed by atoms with Gasteiger partial charge in [0, 0.05) is 24.1 Å². The minimum absolute atomic E-state index is 0.147. The summed E-state index contributed by atoms with van der Waals surface area (Å²) in [5.74, 6) is 0. The van der Waals surface area contributed by atoms with E-state index in [0.717, 1.165) is 10.4 Å². The molecule has 0 saturated heterocycles. The lowest BCUT2D eigenvalue weighted by Gasteiger charge is -2.18. The number of benzene rings is 1. The lowest BCUT2D eigenvalue weighted by atomic mass is 10.3. The van der Waals surface area contributed by atoms with Gasteiger partial charge in [0.15, 0.2) is 4.90 Å². The van der Waals surface area contributed by atoms with Crippen LogP contribution in [-0.2, 0) is 10.0 Å². The molecule has 0 amide bonds. The fraction of sp³-hybridized carbons (Fsp3) is 0.400. The van der Waals surface area contributed by atoms with E-state index in [-0.39, 0.29) is 6.54 Å². The number of nitro benzene ring substituents is 1. The average Bonchev–Trinajstić information content (AvgIpc) is 2.27. The molecular formula is C10H13BrN2O5S. The molecule has 19 heavy (non-hydrogen) atoms. The summed E-state index contributed by atoms with van der Waals surface area (Å²) in [6.45, 7) is 1.29. The van der Waals surface area contributed by atoms with E-state index in [4.69, 9.17) is 0 Å². The summed E-state index contributed by atoms with van der Waals surface area (Å²) in [6.07, 6.45) is -0.869. The summed E-state index contributed by atoms with van der Waals surface area (Å²) < 4.78 is 25.8. The Morgan fingerprint density at radius 2 is 2.11 bits per heavy atom. The Kier molecular flexibility index (Phi) is 5.02. The molecule has 1 rings (SSSR count). The van der Waals surface area contributed by atoms with Gasteiger partial charge in [-0.05, 0) is 19.1 Å². The monoisotopic (exact) mass is 352 g/mol. The molecule has 0 saturated carbocycles. The predicted molar refractivity (Wildman–Crippen MR) is 72.3 cm³/mol. The van der Waals surface area contributed by atoms with Crippen molar-refractivity contribution in [2.24, 2.45) is 0 Å². The molecule has 0 aliphatic rings. The number of halogens is 1. The summed E-state index contributed by atoms with van der Waals surface area (Å²) in [6, 6.07) is 3.69. The molecule has 0 spiro atoms. The highest BCUT2D eigenvalue weighted by molar-refractivity contribution is 9.10. The molecule has 1 aromatic carbocycles. The smallest absolute Gasteiger partial charge is 0.289 e. The number of aliphatic hydroxyl groups excluding tert-OH is 1. The molecule has 0 bridgehead atoms. The molecule has 0 radical (unpaired) electrons. The van der Waals surface area contributed by atoms with Crippen LogP contribution in [0.2, 0.25) is 0 Å². The zero-order chi connectivity index (χ0) is 14.8.